The molecule has 0 atom stereocenters. The van der Waals surface area contributed by atoms with Crippen molar-refractivity contribution >= 4 is 45.1 Å². The van der Waals surface area contributed by atoms with Gasteiger partial charge in [0.25, 0.3) is 5.91 Å². The molecule has 2 aromatic heterocycles. The van der Waals surface area contributed by atoms with Crippen LogP contribution in [0.3, 0.4) is 0 Å². The third-order valence-electron chi connectivity index (χ3n) is 5.41. The summed E-state index contributed by atoms with van der Waals surface area (Å²) < 4.78 is 0. The number of fused-ring (bicyclic) bond motifs is 1. The number of nitrogens with one attached hydrogen (secondary N) is 3. The van der Waals surface area contributed by atoms with Crippen LogP contribution in [-0.2, 0) is 0 Å². The summed E-state index contributed by atoms with van der Waals surface area (Å²) in [5, 5.41) is 20.6. The van der Waals surface area contributed by atoms with E-state index in [-0.39, 0.29) is 5.91 Å². The van der Waals surface area contributed by atoms with E-state index in [2.05, 4.69) is 32.0 Å². The lowest BCUT2D eigenvalue weighted by atomic mass is 10.1. The van der Waals surface area contributed by atoms with Gasteiger partial charge in [-0.15, -0.1) is 0 Å². The number of hydrogen-bond donors (Lipinski definition) is 3. The van der Waals surface area contributed by atoms with E-state index in [1.54, 1.807) is 43.0 Å². The SMILES string of the molecule is N#Cc1ccc2cncc(Nc3ccc(C(=O)Nc4cccc(Nc5ccncc5)c4)cc3)c2c1. The van der Waals surface area contributed by atoms with Gasteiger partial charge in [-0.3, -0.25) is 14.8 Å². The predicted molar refractivity (Wildman–Crippen MR) is 138 cm³/mol. The molecule has 0 aliphatic heterocycles. The van der Waals surface area contributed by atoms with E-state index in [1.807, 2.05) is 60.7 Å². The van der Waals surface area contributed by atoms with Crippen molar-refractivity contribution in [1.82, 2.24) is 9.97 Å². The van der Waals surface area contributed by atoms with Gasteiger partial charge < -0.3 is 16.0 Å². The van der Waals surface area contributed by atoms with Crippen LogP contribution in [-0.4, -0.2) is 15.9 Å². The van der Waals surface area contributed by atoms with Crippen molar-refractivity contribution in [2.45, 2.75) is 0 Å². The molecule has 2 heterocycles. The number of amides is 1. The Kier molecular flexibility index (Phi) is 6.01. The smallest absolute Gasteiger partial charge is 0.255 e. The van der Waals surface area contributed by atoms with Crippen molar-refractivity contribution in [3.8, 4) is 6.07 Å². The lowest BCUT2D eigenvalue weighted by Gasteiger charge is -2.11. The maximum absolute atomic E-state index is 12.8. The maximum atomic E-state index is 12.8. The van der Waals surface area contributed by atoms with Gasteiger partial charge in [0.1, 0.15) is 0 Å². The number of hydrogen-bond acceptors (Lipinski definition) is 6. The van der Waals surface area contributed by atoms with Gasteiger partial charge in [0.15, 0.2) is 0 Å². The molecule has 0 unspecified atom stereocenters. The number of pyridine rings is 2. The highest BCUT2D eigenvalue weighted by molar-refractivity contribution is 6.04. The molecule has 35 heavy (non-hydrogen) atoms. The van der Waals surface area contributed by atoms with E-state index < -0.39 is 0 Å². The van der Waals surface area contributed by atoms with Crippen LogP contribution in [0.15, 0.2) is 104 Å². The molecule has 3 aromatic carbocycles. The van der Waals surface area contributed by atoms with E-state index in [1.165, 1.54) is 0 Å². The van der Waals surface area contributed by atoms with Gasteiger partial charge in [-0.2, -0.15) is 5.26 Å². The first-order valence-corrected chi connectivity index (χ1v) is 10.9. The summed E-state index contributed by atoms with van der Waals surface area (Å²) >= 11 is 0. The van der Waals surface area contributed by atoms with Crippen LogP contribution in [0.1, 0.15) is 15.9 Å². The standard InChI is InChI=1S/C28H20N6O/c29-16-19-4-5-21-17-31-18-27(26(21)14-19)33-22-8-6-20(7-9-22)28(35)34-25-3-1-2-24(15-25)32-23-10-12-30-13-11-23/h1-15,17-18,33H,(H,30,32)(H,34,35). The number of benzene rings is 3. The Bertz CT molecular complexity index is 1540. The van der Waals surface area contributed by atoms with Gasteiger partial charge in [0.2, 0.25) is 0 Å². The summed E-state index contributed by atoms with van der Waals surface area (Å²) in [4.78, 5) is 21.1. The molecule has 1 amide bonds. The zero-order valence-electron chi connectivity index (χ0n) is 18.6. The van der Waals surface area contributed by atoms with Gasteiger partial charge in [-0.05, 0) is 66.7 Å². The second-order valence-corrected chi connectivity index (χ2v) is 7.83. The molecule has 0 fully saturated rings. The molecule has 0 bridgehead atoms. The molecular formula is C28H20N6O. The zero-order chi connectivity index (χ0) is 24.0. The van der Waals surface area contributed by atoms with Crippen molar-refractivity contribution in [2.75, 3.05) is 16.0 Å². The van der Waals surface area contributed by atoms with E-state index >= 15 is 0 Å². The van der Waals surface area contributed by atoms with E-state index in [0.29, 0.717) is 16.8 Å². The van der Waals surface area contributed by atoms with Crippen LogP contribution >= 0.6 is 0 Å². The third-order valence-corrected chi connectivity index (χ3v) is 5.41. The highest BCUT2D eigenvalue weighted by atomic mass is 16.1. The molecule has 0 aliphatic carbocycles. The van der Waals surface area contributed by atoms with Gasteiger partial charge in [-0.25, -0.2) is 0 Å². The zero-order valence-corrected chi connectivity index (χ0v) is 18.6. The normalized spacial score (nSPS) is 10.4. The average Bonchev–Trinajstić information content (AvgIpc) is 2.90. The molecule has 7 nitrogen and oxygen atoms in total. The van der Waals surface area contributed by atoms with Crippen molar-refractivity contribution in [3.63, 3.8) is 0 Å². The van der Waals surface area contributed by atoms with Crippen LogP contribution < -0.4 is 16.0 Å². The highest BCUT2D eigenvalue weighted by Crippen LogP contribution is 2.27. The molecule has 0 radical (unpaired) electrons. The number of carbonyl (C=O) groups excluding carboxylic acids is 1. The first-order chi connectivity index (χ1) is 17.2. The quantitative estimate of drug-likeness (QED) is 0.279. The second-order valence-electron chi connectivity index (χ2n) is 7.83. The number of carbonyl (C=O) groups is 1. The Hall–Kier alpha value is -5.22. The number of rotatable bonds is 6. The molecule has 7 heteroatoms. The van der Waals surface area contributed by atoms with E-state index in [0.717, 1.165) is 33.5 Å². The minimum absolute atomic E-state index is 0.205. The Balaban J connectivity index is 1.28. The number of nitriles is 1. The van der Waals surface area contributed by atoms with Crippen molar-refractivity contribution in [2.24, 2.45) is 0 Å². The molecule has 168 valence electrons. The molecule has 3 N–H and O–H groups in total. The van der Waals surface area contributed by atoms with Crippen molar-refractivity contribution in [1.29, 1.82) is 5.26 Å². The number of nitrogens with zero attached hydrogens (tertiary/aromatic N) is 3. The van der Waals surface area contributed by atoms with Gasteiger partial charge >= 0.3 is 0 Å². The Labute approximate surface area is 202 Å². The molecule has 5 aromatic rings. The fourth-order valence-electron chi connectivity index (χ4n) is 3.67. The molecule has 0 aliphatic rings. The molecular weight excluding hydrogens is 436 g/mol. The van der Waals surface area contributed by atoms with Crippen LogP contribution in [0, 0.1) is 11.3 Å². The molecule has 0 spiro atoms. The van der Waals surface area contributed by atoms with Crippen LogP contribution in [0.25, 0.3) is 10.8 Å². The lowest BCUT2D eigenvalue weighted by molar-refractivity contribution is 0.102. The van der Waals surface area contributed by atoms with Crippen LogP contribution in [0.5, 0.6) is 0 Å². The summed E-state index contributed by atoms with van der Waals surface area (Å²) in [6.07, 6.45) is 6.91. The van der Waals surface area contributed by atoms with Gasteiger partial charge in [0, 0.05) is 57.7 Å². The predicted octanol–water partition coefficient (Wildman–Crippen LogP) is 6.24. The maximum Gasteiger partial charge on any atom is 0.255 e. The lowest BCUT2D eigenvalue weighted by Crippen LogP contribution is -2.11. The molecule has 5 rings (SSSR count). The van der Waals surface area contributed by atoms with Crippen LogP contribution in [0.2, 0.25) is 0 Å². The molecule has 0 saturated carbocycles. The Morgan fingerprint density at radius 2 is 1.51 bits per heavy atom. The van der Waals surface area contributed by atoms with Gasteiger partial charge in [-0.1, -0.05) is 12.1 Å². The fraction of sp³-hybridized carbons (Fsp3) is 0. The monoisotopic (exact) mass is 456 g/mol. The summed E-state index contributed by atoms with van der Waals surface area (Å²) in [7, 11) is 0. The third kappa shape index (κ3) is 5.07. The average molecular weight is 457 g/mol. The topological polar surface area (TPSA) is 103 Å². The van der Waals surface area contributed by atoms with E-state index in [4.69, 9.17) is 0 Å². The molecule has 0 saturated heterocycles. The first kappa shape index (κ1) is 21.6. The highest BCUT2D eigenvalue weighted by Gasteiger charge is 2.08. The number of aromatic nitrogens is 2. The van der Waals surface area contributed by atoms with Crippen LogP contribution in [0.4, 0.5) is 28.4 Å². The Morgan fingerprint density at radius 1 is 0.743 bits per heavy atom. The van der Waals surface area contributed by atoms with Gasteiger partial charge in [0.05, 0.1) is 23.5 Å². The minimum Gasteiger partial charge on any atom is -0.355 e. The largest absolute Gasteiger partial charge is 0.355 e. The summed E-state index contributed by atoms with van der Waals surface area (Å²) in [6, 6.07) is 26.1. The first-order valence-electron chi connectivity index (χ1n) is 10.9. The van der Waals surface area contributed by atoms with E-state index in [9.17, 15) is 10.1 Å². The Morgan fingerprint density at radius 3 is 2.31 bits per heavy atom. The fourth-order valence-corrected chi connectivity index (χ4v) is 3.67. The summed E-state index contributed by atoms with van der Waals surface area (Å²) in [5.74, 6) is -0.205. The minimum atomic E-state index is -0.205. The summed E-state index contributed by atoms with van der Waals surface area (Å²) in [6.45, 7) is 0. The summed E-state index contributed by atoms with van der Waals surface area (Å²) in [5.41, 5.74) is 5.17. The number of anilines is 5. The van der Waals surface area contributed by atoms with Crippen molar-refractivity contribution in [3.05, 3.63) is 115 Å². The second kappa shape index (κ2) is 9.73. The van der Waals surface area contributed by atoms with Crippen molar-refractivity contribution < 1.29 is 4.79 Å².